The highest BCUT2D eigenvalue weighted by atomic mass is 16.2. The van der Waals surface area contributed by atoms with Crippen molar-refractivity contribution in [2.24, 2.45) is 0 Å². The average molecular weight is 391 g/mol. The van der Waals surface area contributed by atoms with Crippen LogP contribution in [-0.2, 0) is 4.79 Å². The molecular formula is C21H21N5O3. The number of allylic oxidation sites excluding steroid dienone is 1. The molecule has 0 aliphatic rings. The molecule has 0 aliphatic carbocycles. The molecule has 8 nitrogen and oxygen atoms in total. The van der Waals surface area contributed by atoms with Crippen LogP contribution in [0.1, 0.15) is 29.8 Å². The second-order valence-corrected chi connectivity index (χ2v) is 6.42. The lowest BCUT2D eigenvalue weighted by molar-refractivity contribution is -0.116. The van der Waals surface area contributed by atoms with Gasteiger partial charge in [0, 0.05) is 52.9 Å². The van der Waals surface area contributed by atoms with Crippen LogP contribution in [0, 0.1) is 0 Å². The summed E-state index contributed by atoms with van der Waals surface area (Å²) in [6.07, 6.45) is 3.26. The number of carbonyl (C=O) groups excluding carboxylic acids is 3. The summed E-state index contributed by atoms with van der Waals surface area (Å²) in [5.74, 6) is -0.708. The highest BCUT2D eigenvalue weighted by Gasteiger charge is 2.16. The van der Waals surface area contributed by atoms with Crippen molar-refractivity contribution in [1.82, 2.24) is 20.6 Å². The number of rotatable bonds is 5. The van der Waals surface area contributed by atoms with E-state index >= 15 is 0 Å². The first-order valence-corrected chi connectivity index (χ1v) is 8.95. The molecule has 0 aliphatic heterocycles. The number of anilines is 1. The maximum Gasteiger partial charge on any atom is 0.326 e. The number of aromatic amines is 1. The normalized spacial score (nSPS) is 11.6. The van der Waals surface area contributed by atoms with Gasteiger partial charge in [0.1, 0.15) is 5.65 Å². The number of ketones is 1. The quantitative estimate of drug-likeness (QED) is 0.394. The van der Waals surface area contributed by atoms with Gasteiger partial charge in [0.15, 0.2) is 5.78 Å². The van der Waals surface area contributed by atoms with E-state index in [9.17, 15) is 14.4 Å². The Morgan fingerprint density at radius 3 is 2.62 bits per heavy atom. The van der Waals surface area contributed by atoms with Crippen molar-refractivity contribution in [3.8, 4) is 0 Å². The fraction of sp³-hybridized carbons (Fsp3) is 0.143. The fourth-order valence-corrected chi connectivity index (χ4v) is 2.75. The van der Waals surface area contributed by atoms with Crippen LogP contribution in [0.3, 0.4) is 0 Å². The predicted octanol–water partition coefficient (Wildman–Crippen LogP) is 2.96. The van der Waals surface area contributed by atoms with E-state index < -0.39 is 11.9 Å². The average Bonchev–Trinajstić information content (AvgIpc) is 3.16. The monoisotopic (exact) mass is 391 g/mol. The maximum absolute atomic E-state index is 12.9. The molecule has 0 atom stereocenters. The summed E-state index contributed by atoms with van der Waals surface area (Å²) in [6.45, 7) is 3.35. The van der Waals surface area contributed by atoms with Crippen molar-refractivity contribution in [3.05, 3.63) is 71.2 Å². The summed E-state index contributed by atoms with van der Waals surface area (Å²) in [6, 6.07) is 9.42. The number of H-pyrrole nitrogens is 1. The van der Waals surface area contributed by atoms with E-state index in [2.05, 4.69) is 25.9 Å². The number of hydrogen-bond acceptors (Lipinski definition) is 5. The van der Waals surface area contributed by atoms with E-state index in [4.69, 9.17) is 0 Å². The van der Waals surface area contributed by atoms with Crippen LogP contribution in [0.15, 0.2) is 60.1 Å². The smallest absolute Gasteiger partial charge is 0.326 e. The SMILES string of the molecule is CNC(C)=C(C)C(=O)NC(=O)Nc1cccc(C(=O)c2c[nH]c3ncccc23)c1. The van der Waals surface area contributed by atoms with Crippen molar-refractivity contribution >= 4 is 34.4 Å². The lowest BCUT2D eigenvalue weighted by atomic mass is 10.0. The highest BCUT2D eigenvalue weighted by Crippen LogP contribution is 2.21. The molecule has 0 saturated heterocycles. The Morgan fingerprint density at radius 1 is 1.07 bits per heavy atom. The van der Waals surface area contributed by atoms with Gasteiger partial charge in [-0.1, -0.05) is 12.1 Å². The van der Waals surface area contributed by atoms with Gasteiger partial charge in [0.25, 0.3) is 5.91 Å². The minimum Gasteiger partial charge on any atom is -0.391 e. The van der Waals surface area contributed by atoms with Gasteiger partial charge in [0.2, 0.25) is 0 Å². The van der Waals surface area contributed by atoms with Crippen LogP contribution in [0.2, 0.25) is 0 Å². The summed E-state index contributed by atoms with van der Waals surface area (Å²) in [7, 11) is 1.69. The maximum atomic E-state index is 12.9. The van der Waals surface area contributed by atoms with E-state index in [1.807, 2.05) is 6.07 Å². The zero-order valence-corrected chi connectivity index (χ0v) is 16.3. The molecule has 0 bridgehead atoms. The summed E-state index contributed by atoms with van der Waals surface area (Å²) >= 11 is 0. The third-order valence-corrected chi connectivity index (χ3v) is 4.58. The minimum atomic E-state index is -0.681. The minimum absolute atomic E-state index is 0.201. The van der Waals surface area contributed by atoms with Crippen LogP contribution >= 0.6 is 0 Å². The molecule has 8 heteroatoms. The van der Waals surface area contributed by atoms with Gasteiger partial charge in [-0.3, -0.25) is 14.9 Å². The Labute approximate surface area is 167 Å². The summed E-state index contributed by atoms with van der Waals surface area (Å²) in [5, 5.41) is 8.42. The summed E-state index contributed by atoms with van der Waals surface area (Å²) < 4.78 is 0. The first kappa shape index (κ1) is 19.8. The molecule has 148 valence electrons. The van der Waals surface area contributed by atoms with Crippen LogP contribution in [0.25, 0.3) is 11.0 Å². The number of pyridine rings is 1. The van der Waals surface area contributed by atoms with Gasteiger partial charge in [-0.2, -0.15) is 0 Å². The first-order chi connectivity index (χ1) is 13.9. The first-order valence-electron chi connectivity index (χ1n) is 8.95. The van der Waals surface area contributed by atoms with E-state index in [-0.39, 0.29) is 5.78 Å². The zero-order chi connectivity index (χ0) is 21.0. The lowest BCUT2D eigenvalue weighted by Gasteiger charge is -2.10. The van der Waals surface area contributed by atoms with Crippen molar-refractivity contribution in [1.29, 1.82) is 0 Å². The fourth-order valence-electron chi connectivity index (χ4n) is 2.75. The molecule has 0 spiro atoms. The second-order valence-electron chi connectivity index (χ2n) is 6.42. The van der Waals surface area contributed by atoms with Gasteiger partial charge < -0.3 is 15.6 Å². The number of amides is 3. The number of urea groups is 1. The molecule has 1 aromatic carbocycles. The van der Waals surface area contributed by atoms with Crippen LogP contribution in [-0.4, -0.2) is 34.7 Å². The molecule has 2 heterocycles. The number of nitrogens with zero attached hydrogens (tertiary/aromatic N) is 1. The molecule has 2 aromatic heterocycles. The van der Waals surface area contributed by atoms with Gasteiger partial charge in [-0.15, -0.1) is 0 Å². The molecule has 3 amide bonds. The van der Waals surface area contributed by atoms with Crippen molar-refractivity contribution in [3.63, 3.8) is 0 Å². The molecule has 3 rings (SSSR count). The number of benzene rings is 1. The Kier molecular flexibility index (Phi) is 5.73. The zero-order valence-electron chi connectivity index (χ0n) is 16.3. The van der Waals surface area contributed by atoms with Crippen molar-refractivity contribution in [2.75, 3.05) is 12.4 Å². The standard InChI is InChI=1S/C21H21N5O3/c1-12(13(2)22-3)20(28)26-21(29)25-15-7-4-6-14(10-15)18(27)17-11-24-19-16(17)8-5-9-23-19/h4-11,22H,1-3H3,(H,23,24)(H2,25,26,28,29). The van der Waals surface area contributed by atoms with Crippen molar-refractivity contribution in [2.45, 2.75) is 13.8 Å². The summed E-state index contributed by atoms with van der Waals surface area (Å²) in [4.78, 5) is 44.3. The molecule has 29 heavy (non-hydrogen) atoms. The second kappa shape index (κ2) is 8.39. The number of nitrogens with one attached hydrogen (secondary N) is 4. The Hall–Kier alpha value is -3.94. The third-order valence-electron chi connectivity index (χ3n) is 4.58. The van der Waals surface area contributed by atoms with Gasteiger partial charge >= 0.3 is 6.03 Å². The third kappa shape index (κ3) is 4.32. The van der Waals surface area contributed by atoms with Crippen molar-refractivity contribution < 1.29 is 14.4 Å². The largest absolute Gasteiger partial charge is 0.391 e. The van der Waals surface area contributed by atoms with Gasteiger partial charge in [0.05, 0.1) is 0 Å². The number of imide groups is 1. The van der Waals surface area contributed by atoms with E-state index in [1.165, 1.54) is 0 Å². The number of hydrogen-bond donors (Lipinski definition) is 4. The van der Waals surface area contributed by atoms with Gasteiger partial charge in [-0.05, 0) is 38.1 Å². The molecule has 4 N–H and O–H groups in total. The summed E-state index contributed by atoms with van der Waals surface area (Å²) in [5.41, 5.74) is 2.99. The van der Waals surface area contributed by atoms with Crippen LogP contribution in [0.4, 0.5) is 10.5 Å². The molecule has 0 radical (unpaired) electrons. The molecule has 0 saturated carbocycles. The number of fused-ring (bicyclic) bond motifs is 1. The van der Waals surface area contributed by atoms with E-state index in [0.29, 0.717) is 33.7 Å². The number of aromatic nitrogens is 2. The van der Waals surface area contributed by atoms with Crippen LogP contribution in [0.5, 0.6) is 0 Å². The van der Waals surface area contributed by atoms with Crippen LogP contribution < -0.4 is 16.0 Å². The molecule has 3 aromatic rings. The van der Waals surface area contributed by atoms with E-state index in [0.717, 1.165) is 5.39 Å². The van der Waals surface area contributed by atoms with E-state index in [1.54, 1.807) is 63.6 Å². The topological polar surface area (TPSA) is 116 Å². The molecule has 0 unspecified atom stereocenters. The Balaban J connectivity index is 1.75. The highest BCUT2D eigenvalue weighted by molar-refractivity contribution is 6.16. The molecule has 0 fully saturated rings. The number of carbonyl (C=O) groups is 3. The predicted molar refractivity (Wildman–Crippen MR) is 111 cm³/mol. The Morgan fingerprint density at radius 2 is 1.86 bits per heavy atom. The lowest BCUT2D eigenvalue weighted by Crippen LogP contribution is -2.35. The molecular weight excluding hydrogens is 370 g/mol. The Bertz CT molecular complexity index is 1130. The van der Waals surface area contributed by atoms with Gasteiger partial charge in [-0.25, -0.2) is 9.78 Å².